The number of rotatable bonds is 2. The quantitative estimate of drug-likeness (QED) is 0.392. The average molecular weight is 334 g/mol. The molecule has 0 atom stereocenters. The lowest BCUT2D eigenvalue weighted by molar-refractivity contribution is 1.18. The Bertz CT molecular complexity index is 1220. The molecule has 124 valence electrons. The topological polar surface area (TPSA) is 30.9 Å². The van der Waals surface area contributed by atoms with E-state index in [1.54, 1.807) is 0 Å². The monoisotopic (exact) mass is 334 g/mol. The fourth-order valence-electron chi connectivity index (χ4n) is 3.80. The standard InChI is InChI=1S/C24H18N2/c25-18-15-21(17-9-3-1-4-10-17)24-22(16-18)20-13-7-8-14-23(20)26(24)19-11-5-2-6-12-19/h1-16H,25H2. The summed E-state index contributed by atoms with van der Waals surface area (Å²) in [5, 5.41) is 2.40. The molecule has 0 aliphatic heterocycles. The van der Waals surface area contributed by atoms with Gasteiger partial charge < -0.3 is 10.3 Å². The van der Waals surface area contributed by atoms with Crippen molar-refractivity contribution in [2.75, 3.05) is 5.73 Å². The van der Waals surface area contributed by atoms with Crippen LogP contribution in [-0.2, 0) is 0 Å². The van der Waals surface area contributed by atoms with Crippen LogP contribution < -0.4 is 5.73 Å². The first-order valence-corrected chi connectivity index (χ1v) is 8.76. The molecule has 26 heavy (non-hydrogen) atoms. The zero-order valence-corrected chi connectivity index (χ0v) is 14.3. The van der Waals surface area contributed by atoms with E-state index in [1.807, 2.05) is 12.1 Å². The van der Waals surface area contributed by atoms with Gasteiger partial charge in [0.1, 0.15) is 0 Å². The summed E-state index contributed by atoms with van der Waals surface area (Å²) in [5.74, 6) is 0. The Morgan fingerprint density at radius 2 is 1.27 bits per heavy atom. The van der Waals surface area contributed by atoms with Crippen molar-refractivity contribution in [3.63, 3.8) is 0 Å². The SMILES string of the molecule is Nc1cc(-c2ccccc2)c2c(c1)c1ccccc1n2-c1ccccc1. The van der Waals surface area contributed by atoms with E-state index in [1.165, 1.54) is 27.4 Å². The van der Waals surface area contributed by atoms with Crippen molar-refractivity contribution in [3.05, 3.63) is 97.1 Å². The zero-order valence-electron chi connectivity index (χ0n) is 14.3. The zero-order chi connectivity index (χ0) is 17.5. The predicted molar refractivity (Wildman–Crippen MR) is 111 cm³/mol. The molecule has 2 heteroatoms. The lowest BCUT2D eigenvalue weighted by Gasteiger charge is -2.12. The summed E-state index contributed by atoms with van der Waals surface area (Å²) >= 11 is 0. The number of hydrogen-bond acceptors (Lipinski definition) is 1. The number of benzene rings is 4. The Labute approximate surface area is 152 Å². The predicted octanol–water partition coefficient (Wildman–Crippen LogP) is 6.03. The van der Waals surface area contributed by atoms with E-state index >= 15 is 0 Å². The van der Waals surface area contributed by atoms with E-state index in [2.05, 4.69) is 89.5 Å². The maximum Gasteiger partial charge on any atom is 0.0620 e. The average Bonchev–Trinajstić information content (AvgIpc) is 3.03. The molecular weight excluding hydrogens is 316 g/mol. The van der Waals surface area contributed by atoms with Gasteiger partial charge in [-0.15, -0.1) is 0 Å². The molecule has 5 aromatic rings. The molecule has 0 spiro atoms. The fraction of sp³-hybridized carbons (Fsp3) is 0. The van der Waals surface area contributed by atoms with E-state index in [0.717, 1.165) is 16.9 Å². The van der Waals surface area contributed by atoms with Crippen LogP contribution in [0.5, 0.6) is 0 Å². The molecule has 0 unspecified atom stereocenters. The van der Waals surface area contributed by atoms with Crippen LogP contribution in [0, 0.1) is 0 Å². The molecule has 1 aromatic heterocycles. The van der Waals surface area contributed by atoms with Gasteiger partial charge in [0.05, 0.1) is 11.0 Å². The molecule has 2 nitrogen and oxygen atoms in total. The number of fused-ring (bicyclic) bond motifs is 3. The van der Waals surface area contributed by atoms with Crippen molar-refractivity contribution in [2.24, 2.45) is 0 Å². The number of hydrogen-bond donors (Lipinski definition) is 1. The molecule has 0 radical (unpaired) electrons. The van der Waals surface area contributed by atoms with Gasteiger partial charge in [0, 0.05) is 27.7 Å². The molecule has 0 aliphatic rings. The van der Waals surface area contributed by atoms with E-state index in [0.29, 0.717) is 0 Å². The molecular formula is C24H18N2. The molecule has 0 saturated carbocycles. The lowest BCUT2D eigenvalue weighted by Crippen LogP contribution is -1.96. The first-order valence-electron chi connectivity index (χ1n) is 8.76. The highest BCUT2D eigenvalue weighted by molar-refractivity contribution is 6.14. The molecule has 0 saturated heterocycles. The second-order valence-corrected chi connectivity index (χ2v) is 6.52. The molecule has 0 fully saturated rings. The van der Waals surface area contributed by atoms with E-state index in [9.17, 15) is 0 Å². The van der Waals surface area contributed by atoms with Crippen molar-refractivity contribution in [3.8, 4) is 16.8 Å². The van der Waals surface area contributed by atoms with Crippen LogP contribution in [0.4, 0.5) is 5.69 Å². The van der Waals surface area contributed by atoms with Crippen LogP contribution >= 0.6 is 0 Å². The minimum Gasteiger partial charge on any atom is -0.399 e. The molecule has 1 heterocycles. The summed E-state index contributed by atoms with van der Waals surface area (Å²) in [7, 11) is 0. The Morgan fingerprint density at radius 3 is 2.04 bits per heavy atom. The molecule has 0 bridgehead atoms. The molecule has 4 aromatic carbocycles. The Balaban J connectivity index is 2.02. The minimum atomic E-state index is 0.785. The Morgan fingerprint density at radius 1 is 0.615 bits per heavy atom. The van der Waals surface area contributed by atoms with Crippen molar-refractivity contribution in [1.29, 1.82) is 0 Å². The Kier molecular flexibility index (Phi) is 3.29. The van der Waals surface area contributed by atoms with Crippen LogP contribution in [0.15, 0.2) is 97.1 Å². The van der Waals surface area contributed by atoms with Crippen molar-refractivity contribution < 1.29 is 0 Å². The summed E-state index contributed by atoms with van der Waals surface area (Å²) in [4.78, 5) is 0. The minimum absolute atomic E-state index is 0.785. The van der Waals surface area contributed by atoms with Gasteiger partial charge in [0.2, 0.25) is 0 Å². The third-order valence-electron chi connectivity index (χ3n) is 4.89. The van der Waals surface area contributed by atoms with Gasteiger partial charge in [-0.2, -0.15) is 0 Å². The second kappa shape index (κ2) is 5.78. The number of para-hydroxylation sites is 2. The molecule has 0 amide bonds. The fourth-order valence-corrected chi connectivity index (χ4v) is 3.80. The molecule has 5 rings (SSSR count). The Hall–Kier alpha value is -3.52. The van der Waals surface area contributed by atoms with Crippen molar-refractivity contribution in [2.45, 2.75) is 0 Å². The van der Waals surface area contributed by atoms with Crippen LogP contribution in [-0.4, -0.2) is 4.57 Å². The summed E-state index contributed by atoms with van der Waals surface area (Å²) in [6, 6.07) is 33.7. The number of nitrogen functional groups attached to an aromatic ring is 1. The summed E-state index contributed by atoms with van der Waals surface area (Å²) in [5.41, 5.74) is 12.9. The maximum absolute atomic E-state index is 6.29. The van der Waals surface area contributed by atoms with Gasteiger partial charge in [-0.3, -0.25) is 0 Å². The van der Waals surface area contributed by atoms with Gasteiger partial charge >= 0.3 is 0 Å². The van der Waals surface area contributed by atoms with Gasteiger partial charge in [0.15, 0.2) is 0 Å². The number of nitrogens with two attached hydrogens (primary N) is 1. The lowest BCUT2D eigenvalue weighted by atomic mass is 10.0. The summed E-state index contributed by atoms with van der Waals surface area (Å²) in [6.07, 6.45) is 0. The van der Waals surface area contributed by atoms with E-state index in [-0.39, 0.29) is 0 Å². The third kappa shape index (κ3) is 2.20. The van der Waals surface area contributed by atoms with Gasteiger partial charge in [-0.1, -0.05) is 66.7 Å². The van der Waals surface area contributed by atoms with Gasteiger partial charge in [-0.05, 0) is 35.9 Å². The highest BCUT2D eigenvalue weighted by Gasteiger charge is 2.16. The number of aromatic nitrogens is 1. The maximum atomic E-state index is 6.29. The van der Waals surface area contributed by atoms with Gasteiger partial charge in [0.25, 0.3) is 0 Å². The first-order chi connectivity index (χ1) is 12.8. The molecule has 2 N–H and O–H groups in total. The smallest absolute Gasteiger partial charge is 0.0620 e. The summed E-state index contributed by atoms with van der Waals surface area (Å²) in [6.45, 7) is 0. The normalized spacial score (nSPS) is 11.2. The largest absolute Gasteiger partial charge is 0.399 e. The first kappa shape index (κ1) is 14.8. The van der Waals surface area contributed by atoms with Crippen LogP contribution in [0.3, 0.4) is 0 Å². The van der Waals surface area contributed by atoms with E-state index < -0.39 is 0 Å². The van der Waals surface area contributed by atoms with Crippen molar-refractivity contribution in [1.82, 2.24) is 4.57 Å². The second-order valence-electron chi connectivity index (χ2n) is 6.52. The highest BCUT2D eigenvalue weighted by Crippen LogP contribution is 2.39. The van der Waals surface area contributed by atoms with Crippen LogP contribution in [0.25, 0.3) is 38.6 Å². The highest BCUT2D eigenvalue weighted by atomic mass is 15.0. The number of anilines is 1. The van der Waals surface area contributed by atoms with Crippen LogP contribution in [0.2, 0.25) is 0 Å². The van der Waals surface area contributed by atoms with E-state index in [4.69, 9.17) is 5.73 Å². The molecule has 0 aliphatic carbocycles. The third-order valence-corrected chi connectivity index (χ3v) is 4.89. The van der Waals surface area contributed by atoms with Crippen molar-refractivity contribution >= 4 is 27.5 Å². The van der Waals surface area contributed by atoms with Crippen LogP contribution in [0.1, 0.15) is 0 Å². The van der Waals surface area contributed by atoms with Gasteiger partial charge in [-0.25, -0.2) is 0 Å². The summed E-state index contributed by atoms with van der Waals surface area (Å²) < 4.78 is 2.34. The number of nitrogens with zero attached hydrogens (tertiary/aromatic N) is 1.